The average molecular weight is 181 g/mol. The van der Waals surface area contributed by atoms with Crippen molar-refractivity contribution in [1.82, 2.24) is 5.32 Å². The fraction of sp³-hybridized carbons (Fsp3) is 0.444. The lowest BCUT2D eigenvalue weighted by Crippen LogP contribution is -2.27. The van der Waals surface area contributed by atoms with Crippen LogP contribution in [0.1, 0.15) is 16.1 Å². The Kier molecular flexibility index (Phi) is 2.06. The SMILES string of the molecule is Cc1occc1C(=O)NC[C@H]1CO1. The minimum Gasteiger partial charge on any atom is -0.469 e. The zero-order valence-corrected chi connectivity index (χ0v) is 7.37. The first-order chi connectivity index (χ1) is 6.27. The monoisotopic (exact) mass is 181 g/mol. The van der Waals surface area contributed by atoms with E-state index in [2.05, 4.69) is 5.32 Å². The van der Waals surface area contributed by atoms with Crippen molar-refractivity contribution in [3.8, 4) is 0 Å². The number of amides is 1. The summed E-state index contributed by atoms with van der Waals surface area (Å²) in [4.78, 5) is 11.4. The molecule has 1 N–H and O–H groups in total. The van der Waals surface area contributed by atoms with Gasteiger partial charge >= 0.3 is 0 Å². The Labute approximate surface area is 75.9 Å². The van der Waals surface area contributed by atoms with E-state index in [1.54, 1.807) is 13.0 Å². The highest BCUT2D eigenvalue weighted by Crippen LogP contribution is 2.10. The Morgan fingerprint density at radius 3 is 3.08 bits per heavy atom. The molecule has 0 spiro atoms. The molecular weight excluding hydrogens is 170 g/mol. The van der Waals surface area contributed by atoms with Crippen LogP contribution in [0.2, 0.25) is 0 Å². The molecule has 1 aliphatic rings. The molecule has 0 saturated carbocycles. The average Bonchev–Trinajstić information content (AvgIpc) is 2.84. The molecule has 2 heterocycles. The van der Waals surface area contributed by atoms with E-state index >= 15 is 0 Å². The fourth-order valence-corrected chi connectivity index (χ4v) is 1.11. The smallest absolute Gasteiger partial charge is 0.254 e. The molecule has 0 aromatic carbocycles. The van der Waals surface area contributed by atoms with Crippen molar-refractivity contribution in [1.29, 1.82) is 0 Å². The minimum atomic E-state index is -0.0956. The highest BCUT2D eigenvalue weighted by Gasteiger charge is 2.23. The number of furan rings is 1. The summed E-state index contributed by atoms with van der Waals surface area (Å²) in [5, 5.41) is 2.76. The van der Waals surface area contributed by atoms with E-state index in [4.69, 9.17) is 9.15 Å². The Bertz CT molecular complexity index is 314. The topological polar surface area (TPSA) is 54.8 Å². The van der Waals surface area contributed by atoms with Gasteiger partial charge in [-0.15, -0.1) is 0 Å². The Morgan fingerprint density at radius 2 is 2.54 bits per heavy atom. The number of ether oxygens (including phenoxy) is 1. The third kappa shape index (κ3) is 1.89. The number of hydrogen-bond acceptors (Lipinski definition) is 3. The van der Waals surface area contributed by atoms with Gasteiger partial charge in [-0.1, -0.05) is 0 Å². The van der Waals surface area contributed by atoms with Crippen LogP contribution in [0.3, 0.4) is 0 Å². The lowest BCUT2D eigenvalue weighted by Gasteiger charge is -2.00. The summed E-state index contributed by atoms with van der Waals surface area (Å²) in [5.74, 6) is 0.552. The summed E-state index contributed by atoms with van der Waals surface area (Å²) in [7, 11) is 0. The lowest BCUT2D eigenvalue weighted by atomic mass is 10.2. The van der Waals surface area contributed by atoms with Crippen molar-refractivity contribution in [3.63, 3.8) is 0 Å². The molecule has 1 aliphatic heterocycles. The normalized spacial score (nSPS) is 19.9. The first kappa shape index (κ1) is 8.31. The lowest BCUT2D eigenvalue weighted by molar-refractivity contribution is 0.0949. The molecular formula is C9H11NO3. The van der Waals surface area contributed by atoms with Gasteiger partial charge < -0.3 is 14.5 Å². The predicted octanol–water partition coefficient (Wildman–Crippen LogP) is 0.717. The summed E-state index contributed by atoms with van der Waals surface area (Å²) in [5.41, 5.74) is 0.598. The predicted molar refractivity (Wildman–Crippen MR) is 45.5 cm³/mol. The molecule has 4 nitrogen and oxygen atoms in total. The number of carbonyl (C=O) groups is 1. The third-order valence-corrected chi connectivity index (χ3v) is 2.00. The molecule has 1 aromatic heterocycles. The van der Waals surface area contributed by atoms with Gasteiger partial charge in [0.25, 0.3) is 5.91 Å². The van der Waals surface area contributed by atoms with Gasteiger partial charge in [0.05, 0.1) is 24.5 Å². The quantitative estimate of drug-likeness (QED) is 0.699. The van der Waals surface area contributed by atoms with Crippen LogP contribution in [-0.4, -0.2) is 25.2 Å². The standard InChI is InChI=1S/C9H11NO3/c1-6-8(2-3-12-6)9(11)10-4-7-5-13-7/h2-3,7H,4-5H2,1H3,(H,10,11)/t7-/m0/s1. The van der Waals surface area contributed by atoms with Crippen molar-refractivity contribution < 1.29 is 13.9 Å². The molecule has 13 heavy (non-hydrogen) atoms. The second kappa shape index (κ2) is 3.22. The second-order valence-corrected chi connectivity index (χ2v) is 3.06. The third-order valence-electron chi connectivity index (χ3n) is 2.00. The van der Waals surface area contributed by atoms with Gasteiger partial charge in [-0.3, -0.25) is 4.79 Å². The van der Waals surface area contributed by atoms with E-state index in [0.717, 1.165) is 6.61 Å². The number of rotatable bonds is 3. The van der Waals surface area contributed by atoms with Gasteiger partial charge in [-0.25, -0.2) is 0 Å². The minimum absolute atomic E-state index is 0.0956. The van der Waals surface area contributed by atoms with E-state index in [-0.39, 0.29) is 12.0 Å². The molecule has 0 aliphatic carbocycles. The maximum absolute atomic E-state index is 11.4. The Hall–Kier alpha value is -1.29. The van der Waals surface area contributed by atoms with Crippen LogP contribution in [0.25, 0.3) is 0 Å². The summed E-state index contributed by atoms with van der Waals surface area (Å²) >= 11 is 0. The van der Waals surface area contributed by atoms with Crippen molar-refractivity contribution in [3.05, 3.63) is 23.7 Å². The maximum atomic E-state index is 11.4. The maximum Gasteiger partial charge on any atom is 0.254 e. The molecule has 2 rings (SSSR count). The van der Waals surface area contributed by atoms with Crippen LogP contribution < -0.4 is 5.32 Å². The van der Waals surface area contributed by atoms with Crippen LogP contribution in [0.5, 0.6) is 0 Å². The number of hydrogen-bond donors (Lipinski definition) is 1. The largest absolute Gasteiger partial charge is 0.469 e. The molecule has 0 bridgehead atoms. The van der Waals surface area contributed by atoms with Gasteiger partial charge in [-0.2, -0.15) is 0 Å². The van der Waals surface area contributed by atoms with Crippen molar-refractivity contribution in [2.75, 3.05) is 13.2 Å². The number of aryl methyl sites for hydroxylation is 1. The van der Waals surface area contributed by atoms with Gasteiger partial charge in [0.1, 0.15) is 5.76 Å². The van der Waals surface area contributed by atoms with E-state index in [1.165, 1.54) is 6.26 Å². The van der Waals surface area contributed by atoms with Crippen molar-refractivity contribution in [2.45, 2.75) is 13.0 Å². The van der Waals surface area contributed by atoms with Crippen LogP contribution in [-0.2, 0) is 4.74 Å². The summed E-state index contributed by atoms with van der Waals surface area (Å²) in [6.07, 6.45) is 1.73. The van der Waals surface area contributed by atoms with E-state index in [1.807, 2.05) is 0 Å². The van der Waals surface area contributed by atoms with Gasteiger partial charge in [0.2, 0.25) is 0 Å². The number of carbonyl (C=O) groups excluding carboxylic acids is 1. The Morgan fingerprint density at radius 1 is 1.77 bits per heavy atom. The molecule has 4 heteroatoms. The molecule has 1 saturated heterocycles. The number of epoxide rings is 1. The van der Waals surface area contributed by atoms with Crippen molar-refractivity contribution in [2.24, 2.45) is 0 Å². The molecule has 70 valence electrons. The highest BCUT2D eigenvalue weighted by atomic mass is 16.6. The molecule has 1 atom stereocenters. The summed E-state index contributed by atoms with van der Waals surface area (Å²) in [6, 6.07) is 1.67. The van der Waals surface area contributed by atoms with E-state index < -0.39 is 0 Å². The number of nitrogens with one attached hydrogen (secondary N) is 1. The molecule has 0 unspecified atom stereocenters. The highest BCUT2D eigenvalue weighted by molar-refractivity contribution is 5.95. The Balaban J connectivity index is 1.92. The van der Waals surface area contributed by atoms with Gasteiger partial charge in [0, 0.05) is 6.54 Å². The summed E-state index contributed by atoms with van der Waals surface area (Å²) < 4.78 is 9.98. The van der Waals surface area contributed by atoms with Crippen molar-refractivity contribution >= 4 is 5.91 Å². The molecule has 1 amide bonds. The molecule has 1 fully saturated rings. The van der Waals surface area contributed by atoms with Crippen LogP contribution >= 0.6 is 0 Å². The van der Waals surface area contributed by atoms with Crippen LogP contribution in [0.15, 0.2) is 16.7 Å². The van der Waals surface area contributed by atoms with Crippen LogP contribution in [0.4, 0.5) is 0 Å². The van der Waals surface area contributed by atoms with Gasteiger partial charge in [0.15, 0.2) is 0 Å². The zero-order valence-electron chi connectivity index (χ0n) is 7.37. The first-order valence-corrected chi connectivity index (χ1v) is 4.21. The molecule has 0 radical (unpaired) electrons. The van der Waals surface area contributed by atoms with E-state index in [9.17, 15) is 4.79 Å². The fourth-order valence-electron chi connectivity index (χ4n) is 1.11. The first-order valence-electron chi connectivity index (χ1n) is 4.21. The second-order valence-electron chi connectivity index (χ2n) is 3.06. The van der Waals surface area contributed by atoms with Crippen LogP contribution in [0, 0.1) is 6.92 Å². The summed E-state index contributed by atoms with van der Waals surface area (Å²) in [6.45, 7) is 3.11. The van der Waals surface area contributed by atoms with E-state index in [0.29, 0.717) is 17.9 Å². The molecule has 1 aromatic rings. The zero-order chi connectivity index (χ0) is 9.26. The van der Waals surface area contributed by atoms with Gasteiger partial charge in [-0.05, 0) is 13.0 Å².